The summed E-state index contributed by atoms with van der Waals surface area (Å²) in [6.07, 6.45) is 4.26. The largest absolute Gasteiger partial charge is 0.480 e. The molecular formula is C29H28Cl2N6O3. The van der Waals surface area contributed by atoms with Crippen molar-refractivity contribution in [3.63, 3.8) is 0 Å². The van der Waals surface area contributed by atoms with Gasteiger partial charge in [-0.25, -0.2) is 9.67 Å². The molecule has 1 amide bonds. The van der Waals surface area contributed by atoms with Crippen molar-refractivity contribution in [3.8, 4) is 28.3 Å². The molecule has 5 rings (SSSR count). The number of benzene rings is 2. The maximum atomic E-state index is 12.8. The second-order valence-corrected chi connectivity index (χ2v) is 10.6. The number of nitrogens with one attached hydrogen (secondary N) is 1. The van der Waals surface area contributed by atoms with Gasteiger partial charge in [0.15, 0.2) is 0 Å². The monoisotopic (exact) mass is 578 g/mol. The Morgan fingerprint density at radius 2 is 1.82 bits per heavy atom. The van der Waals surface area contributed by atoms with Crippen molar-refractivity contribution in [3.05, 3.63) is 86.5 Å². The highest BCUT2D eigenvalue weighted by Crippen LogP contribution is 2.41. The van der Waals surface area contributed by atoms with Gasteiger partial charge >= 0.3 is 0 Å². The van der Waals surface area contributed by atoms with E-state index in [0.717, 1.165) is 23.5 Å². The highest BCUT2D eigenvalue weighted by Gasteiger charge is 2.22. The molecule has 0 unspecified atom stereocenters. The highest BCUT2D eigenvalue weighted by molar-refractivity contribution is 6.39. The molecular weight excluding hydrogens is 551 g/mol. The zero-order chi connectivity index (χ0) is 28.4. The van der Waals surface area contributed by atoms with E-state index < -0.39 is 11.5 Å². The Hall–Kier alpha value is -3.79. The molecule has 40 heavy (non-hydrogen) atoms. The van der Waals surface area contributed by atoms with E-state index in [1.165, 1.54) is 25.7 Å². The summed E-state index contributed by atoms with van der Waals surface area (Å²) in [5, 5.41) is 7.28. The lowest BCUT2D eigenvalue weighted by Crippen LogP contribution is -2.28. The summed E-state index contributed by atoms with van der Waals surface area (Å²) in [6.45, 7) is 4.98. The second kappa shape index (κ2) is 11.8. The maximum absolute atomic E-state index is 12.8. The number of methoxy groups -OCH3 is 1. The van der Waals surface area contributed by atoms with Gasteiger partial charge in [-0.3, -0.25) is 19.5 Å². The molecule has 0 radical (unpaired) electrons. The first-order chi connectivity index (χ1) is 19.3. The molecule has 1 N–H and O–H groups in total. The number of anilines is 1. The number of rotatable bonds is 7. The molecule has 1 atom stereocenters. The Morgan fingerprint density at radius 1 is 1.10 bits per heavy atom. The third kappa shape index (κ3) is 5.58. The zero-order valence-electron chi connectivity index (χ0n) is 22.3. The summed E-state index contributed by atoms with van der Waals surface area (Å²) < 4.78 is 6.68. The number of aromatic nitrogens is 4. The lowest BCUT2D eigenvalue weighted by Gasteiger charge is -2.17. The van der Waals surface area contributed by atoms with E-state index in [2.05, 4.69) is 27.2 Å². The van der Waals surface area contributed by atoms with Crippen LogP contribution in [0.1, 0.15) is 29.4 Å². The zero-order valence-corrected chi connectivity index (χ0v) is 23.8. The number of ether oxygens (including phenoxy) is 1. The molecule has 1 fully saturated rings. The van der Waals surface area contributed by atoms with E-state index in [9.17, 15) is 9.59 Å². The number of hydrogen-bond acceptors (Lipinski definition) is 7. The van der Waals surface area contributed by atoms with E-state index in [1.807, 2.05) is 18.2 Å². The number of likely N-dealkylation sites (tertiary alicyclic amines) is 1. The average molecular weight is 579 g/mol. The molecule has 0 spiro atoms. The summed E-state index contributed by atoms with van der Waals surface area (Å²) in [7, 11) is 3.06. The maximum Gasteiger partial charge on any atom is 0.279 e. The minimum atomic E-state index is -0.590. The molecule has 0 bridgehead atoms. The van der Waals surface area contributed by atoms with Crippen molar-refractivity contribution in [1.82, 2.24) is 24.6 Å². The fourth-order valence-electron chi connectivity index (χ4n) is 4.82. The van der Waals surface area contributed by atoms with Crippen molar-refractivity contribution in [2.24, 2.45) is 13.0 Å². The number of halogens is 2. The van der Waals surface area contributed by atoms with Gasteiger partial charge in [0.1, 0.15) is 11.3 Å². The number of hydrogen-bond donors (Lipinski definition) is 1. The van der Waals surface area contributed by atoms with E-state index in [1.54, 1.807) is 31.5 Å². The topological polar surface area (TPSA) is 102 Å². The molecule has 2 aromatic heterocycles. The Labute approximate surface area is 241 Å². The van der Waals surface area contributed by atoms with Crippen LogP contribution < -0.4 is 15.6 Å². The third-order valence-electron chi connectivity index (χ3n) is 6.95. The Bertz CT molecular complexity index is 1640. The van der Waals surface area contributed by atoms with Crippen LogP contribution in [-0.4, -0.2) is 50.8 Å². The van der Waals surface area contributed by atoms with Crippen molar-refractivity contribution >= 4 is 34.8 Å². The normalized spacial score (nSPS) is 15.3. The van der Waals surface area contributed by atoms with Crippen molar-refractivity contribution in [1.29, 1.82) is 0 Å². The SMILES string of the molecule is COc1nc(-c2cccc(-c3cccc(NC(=O)c4ccnn(C)c4=O)c3Cl)c2Cl)cnc1CN1CC[C@H](C)C1. The minimum absolute atomic E-state index is 0.0470. The van der Waals surface area contributed by atoms with Gasteiger partial charge in [-0.2, -0.15) is 5.10 Å². The number of nitrogens with zero attached hydrogens (tertiary/aromatic N) is 5. The summed E-state index contributed by atoms with van der Waals surface area (Å²) in [5.74, 6) is 0.540. The van der Waals surface area contributed by atoms with Gasteiger partial charge in [0.05, 0.1) is 34.7 Å². The van der Waals surface area contributed by atoms with Crippen LogP contribution in [0.2, 0.25) is 10.0 Å². The van der Waals surface area contributed by atoms with E-state index in [4.69, 9.17) is 32.9 Å². The molecule has 206 valence electrons. The van der Waals surface area contributed by atoms with Gasteiger partial charge < -0.3 is 10.1 Å². The molecule has 3 heterocycles. The fraction of sp³-hybridized carbons (Fsp3) is 0.276. The molecule has 1 saturated heterocycles. The molecule has 1 aliphatic rings. The van der Waals surface area contributed by atoms with Crippen LogP contribution in [-0.2, 0) is 13.6 Å². The smallest absolute Gasteiger partial charge is 0.279 e. The molecule has 0 saturated carbocycles. The number of aryl methyl sites for hydroxylation is 1. The summed E-state index contributed by atoms with van der Waals surface area (Å²) in [6, 6.07) is 12.1. The van der Waals surface area contributed by atoms with Crippen LogP contribution in [0.3, 0.4) is 0 Å². The van der Waals surface area contributed by atoms with Crippen molar-refractivity contribution < 1.29 is 9.53 Å². The van der Waals surface area contributed by atoms with E-state index >= 15 is 0 Å². The molecule has 1 aliphatic heterocycles. The lowest BCUT2D eigenvalue weighted by molar-refractivity contribution is 0.102. The lowest BCUT2D eigenvalue weighted by atomic mass is 10.0. The first-order valence-electron chi connectivity index (χ1n) is 12.8. The first-order valence-corrected chi connectivity index (χ1v) is 13.6. The van der Waals surface area contributed by atoms with E-state index in [-0.39, 0.29) is 10.6 Å². The van der Waals surface area contributed by atoms with E-state index in [0.29, 0.717) is 51.4 Å². The quantitative estimate of drug-likeness (QED) is 0.317. The molecule has 0 aliphatic carbocycles. The predicted molar refractivity (Wildman–Crippen MR) is 156 cm³/mol. The Morgan fingerprint density at radius 3 is 2.55 bits per heavy atom. The first kappa shape index (κ1) is 27.8. The number of amides is 1. The third-order valence-corrected chi connectivity index (χ3v) is 7.76. The standard InChI is InChI=1S/C29H28Cl2N6O3/c1-17-11-13-37(15-17)16-24-28(40-3)35-23(14-32-24)20-8-4-6-18(25(20)30)19-7-5-9-22(26(19)31)34-27(38)21-10-12-33-36(2)29(21)39/h4-10,12,14,17H,11,13,15-16H2,1-3H3,(H,34,38)/t17-/m0/s1. The minimum Gasteiger partial charge on any atom is -0.480 e. The van der Waals surface area contributed by atoms with Gasteiger partial charge in [0.2, 0.25) is 5.88 Å². The van der Waals surface area contributed by atoms with Crippen molar-refractivity contribution in [2.75, 3.05) is 25.5 Å². The molecule has 9 nitrogen and oxygen atoms in total. The van der Waals surface area contributed by atoms with Crippen molar-refractivity contribution in [2.45, 2.75) is 19.9 Å². The van der Waals surface area contributed by atoms with Crippen LogP contribution in [0.25, 0.3) is 22.4 Å². The molecule has 2 aromatic carbocycles. The van der Waals surface area contributed by atoms with Gasteiger partial charge in [0, 0.05) is 43.0 Å². The van der Waals surface area contributed by atoms with Crippen LogP contribution in [0, 0.1) is 5.92 Å². The van der Waals surface area contributed by atoms with Crippen LogP contribution >= 0.6 is 23.2 Å². The Kier molecular flexibility index (Phi) is 8.16. The number of carbonyl (C=O) groups is 1. The fourth-order valence-corrected chi connectivity index (χ4v) is 5.42. The number of carbonyl (C=O) groups excluding carboxylic acids is 1. The molecule has 4 aromatic rings. The highest BCUT2D eigenvalue weighted by atomic mass is 35.5. The predicted octanol–water partition coefficient (Wildman–Crippen LogP) is 5.31. The van der Waals surface area contributed by atoms with Gasteiger partial charge in [0.25, 0.3) is 11.5 Å². The second-order valence-electron chi connectivity index (χ2n) is 9.80. The van der Waals surface area contributed by atoms with Crippen LogP contribution in [0.15, 0.2) is 59.7 Å². The van der Waals surface area contributed by atoms with Gasteiger partial charge in [-0.05, 0) is 31.0 Å². The summed E-state index contributed by atoms with van der Waals surface area (Å²) in [5.41, 5.74) is 3.04. The van der Waals surface area contributed by atoms with Crippen LogP contribution in [0.4, 0.5) is 5.69 Å². The van der Waals surface area contributed by atoms with Gasteiger partial charge in [-0.15, -0.1) is 0 Å². The Balaban J connectivity index is 1.45. The summed E-state index contributed by atoms with van der Waals surface area (Å²) in [4.78, 5) is 36.9. The summed E-state index contributed by atoms with van der Waals surface area (Å²) >= 11 is 13.7. The van der Waals surface area contributed by atoms with Crippen LogP contribution in [0.5, 0.6) is 5.88 Å². The average Bonchev–Trinajstić information content (AvgIpc) is 3.36. The molecule has 11 heteroatoms. The van der Waals surface area contributed by atoms with Gasteiger partial charge in [-0.1, -0.05) is 60.5 Å².